The number of hydrogen-bond donors (Lipinski definition) is 2. The topological polar surface area (TPSA) is 52.6 Å². The molecule has 1 saturated carbocycles. The van der Waals surface area contributed by atoms with E-state index in [1.165, 1.54) is 0 Å². The first kappa shape index (κ1) is 15.4. The number of carbonyl (C=O) groups excluding carboxylic acids is 1. The zero-order valence-electron chi connectivity index (χ0n) is 12.0. The van der Waals surface area contributed by atoms with Crippen molar-refractivity contribution in [2.45, 2.75) is 45.6 Å². The lowest BCUT2D eigenvalue weighted by Gasteiger charge is -2.33. The number of nitrogens with zero attached hydrogens (tertiary/aromatic N) is 1. The summed E-state index contributed by atoms with van der Waals surface area (Å²) in [7, 11) is 2.03. The van der Waals surface area contributed by atoms with E-state index in [2.05, 4.69) is 24.1 Å². The van der Waals surface area contributed by atoms with Gasteiger partial charge in [-0.2, -0.15) is 0 Å². The molecule has 0 atom stereocenters. The van der Waals surface area contributed by atoms with Gasteiger partial charge in [-0.15, -0.1) is 0 Å². The molecule has 2 N–H and O–H groups in total. The van der Waals surface area contributed by atoms with Gasteiger partial charge in [-0.1, -0.05) is 13.8 Å². The van der Waals surface area contributed by atoms with E-state index < -0.39 is 0 Å². The second kappa shape index (κ2) is 7.74. The van der Waals surface area contributed by atoms with Crippen LogP contribution >= 0.6 is 0 Å². The quantitative estimate of drug-likeness (QED) is 0.752. The zero-order valence-corrected chi connectivity index (χ0v) is 12.0. The molecule has 1 amide bonds. The Morgan fingerprint density at radius 3 is 2.44 bits per heavy atom. The number of amides is 1. The molecule has 0 aromatic carbocycles. The largest absolute Gasteiger partial charge is 0.396 e. The predicted octanol–water partition coefficient (Wildman–Crippen LogP) is 1.24. The van der Waals surface area contributed by atoms with Crippen LogP contribution in [0.3, 0.4) is 0 Å². The Bertz CT molecular complexity index is 248. The van der Waals surface area contributed by atoms with Crippen LogP contribution in [0.5, 0.6) is 0 Å². The van der Waals surface area contributed by atoms with Gasteiger partial charge in [0.15, 0.2) is 0 Å². The zero-order chi connectivity index (χ0) is 13.5. The molecule has 0 saturated heterocycles. The van der Waals surface area contributed by atoms with Crippen molar-refractivity contribution < 1.29 is 9.90 Å². The summed E-state index contributed by atoms with van der Waals surface area (Å²) >= 11 is 0. The Hall–Kier alpha value is -0.610. The summed E-state index contributed by atoms with van der Waals surface area (Å²) in [6.07, 6.45) is 4.36. The van der Waals surface area contributed by atoms with Crippen molar-refractivity contribution in [2.24, 2.45) is 11.8 Å². The Kier molecular flexibility index (Phi) is 6.65. The van der Waals surface area contributed by atoms with Gasteiger partial charge in [-0.25, -0.2) is 0 Å². The number of carbonyl (C=O) groups is 1. The van der Waals surface area contributed by atoms with E-state index in [0.29, 0.717) is 31.0 Å². The normalized spacial score (nSPS) is 24.6. The van der Waals surface area contributed by atoms with Crippen molar-refractivity contribution in [1.29, 1.82) is 0 Å². The third-order valence-electron chi connectivity index (χ3n) is 3.80. The molecule has 0 unspecified atom stereocenters. The first-order valence-corrected chi connectivity index (χ1v) is 7.10. The van der Waals surface area contributed by atoms with Crippen LogP contribution < -0.4 is 5.32 Å². The fourth-order valence-corrected chi connectivity index (χ4v) is 2.50. The highest BCUT2D eigenvalue weighted by Gasteiger charge is 2.24. The predicted molar refractivity (Wildman–Crippen MR) is 73.3 cm³/mol. The molecule has 0 aliphatic heterocycles. The molecule has 4 nitrogen and oxygen atoms in total. The number of likely N-dealkylation sites (N-methyl/N-ethyl adjacent to an activating group) is 1. The first-order valence-electron chi connectivity index (χ1n) is 7.10. The van der Waals surface area contributed by atoms with Crippen molar-refractivity contribution in [3.63, 3.8) is 0 Å². The molecule has 1 rings (SSSR count). The van der Waals surface area contributed by atoms with Gasteiger partial charge in [0.25, 0.3) is 0 Å². The van der Waals surface area contributed by atoms with Gasteiger partial charge in [0.05, 0.1) is 6.54 Å². The number of aliphatic hydroxyl groups is 1. The van der Waals surface area contributed by atoms with Crippen molar-refractivity contribution in [2.75, 3.05) is 26.7 Å². The van der Waals surface area contributed by atoms with E-state index in [4.69, 9.17) is 5.11 Å². The fraction of sp³-hybridized carbons (Fsp3) is 0.929. The fourth-order valence-electron chi connectivity index (χ4n) is 2.50. The highest BCUT2D eigenvalue weighted by Crippen LogP contribution is 2.26. The Balaban J connectivity index is 2.24. The molecule has 18 heavy (non-hydrogen) atoms. The monoisotopic (exact) mass is 256 g/mol. The number of hydrogen-bond acceptors (Lipinski definition) is 3. The minimum Gasteiger partial charge on any atom is -0.396 e. The lowest BCUT2D eigenvalue weighted by Crippen LogP contribution is -2.43. The van der Waals surface area contributed by atoms with Crippen LogP contribution in [0.2, 0.25) is 0 Å². The van der Waals surface area contributed by atoms with Crippen LogP contribution in [0, 0.1) is 11.8 Å². The van der Waals surface area contributed by atoms with Crippen LogP contribution in [0.15, 0.2) is 0 Å². The van der Waals surface area contributed by atoms with E-state index in [0.717, 1.165) is 32.2 Å². The van der Waals surface area contributed by atoms with Gasteiger partial charge >= 0.3 is 0 Å². The molecular weight excluding hydrogens is 228 g/mol. The van der Waals surface area contributed by atoms with Crippen molar-refractivity contribution in [3.8, 4) is 0 Å². The average molecular weight is 256 g/mol. The third-order valence-corrected chi connectivity index (χ3v) is 3.80. The molecule has 1 aliphatic rings. The van der Waals surface area contributed by atoms with E-state index in [1.54, 1.807) is 0 Å². The minimum absolute atomic E-state index is 0.121. The molecule has 0 aromatic heterocycles. The maximum absolute atomic E-state index is 11.7. The SMILES string of the molecule is CC(C)CNC(=O)CN(C)C1CCC(CO)CC1. The number of aliphatic hydroxyl groups excluding tert-OH is 1. The van der Waals surface area contributed by atoms with E-state index in [-0.39, 0.29) is 5.91 Å². The molecule has 1 fully saturated rings. The summed E-state index contributed by atoms with van der Waals surface area (Å²) < 4.78 is 0. The maximum Gasteiger partial charge on any atom is 0.234 e. The first-order chi connectivity index (χ1) is 8.52. The Morgan fingerprint density at radius 2 is 1.94 bits per heavy atom. The maximum atomic E-state index is 11.7. The number of nitrogens with one attached hydrogen (secondary N) is 1. The van der Waals surface area contributed by atoms with Crippen LogP contribution in [-0.4, -0.2) is 48.7 Å². The second-order valence-electron chi connectivity index (χ2n) is 5.97. The summed E-state index contributed by atoms with van der Waals surface area (Å²) in [6.45, 7) is 5.75. The van der Waals surface area contributed by atoms with Crippen LogP contribution in [0.1, 0.15) is 39.5 Å². The Morgan fingerprint density at radius 1 is 1.33 bits per heavy atom. The number of rotatable bonds is 6. The Labute approximate surface area is 111 Å². The molecule has 0 heterocycles. The van der Waals surface area contributed by atoms with E-state index in [9.17, 15) is 4.79 Å². The van der Waals surface area contributed by atoms with Crippen LogP contribution in [0.4, 0.5) is 0 Å². The molecule has 4 heteroatoms. The molecule has 0 aromatic rings. The molecule has 106 valence electrons. The summed E-state index contributed by atoms with van der Waals surface area (Å²) in [6, 6.07) is 0.498. The van der Waals surface area contributed by atoms with Gasteiger partial charge in [-0.3, -0.25) is 9.69 Å². The van der Waals surface area contributed by atoms with Crippen LogP contribution in [-0.2, 0) is 4.79 Å². The van der Waals surface area contributed by atoms with Crippen molar-refractivity contribution in [1.82, 2.24) is 10.2 Å². The van der Waals surface area contributed by atoms with Crippen molar-refractivity contribution in [3.05, 3.63) is 0 Å². The van der Waals surface area contributed by atoms with E-state index >= 15 is 0 Å². The van der Waals surface area contributed by atoms with Gasteiger partial charge in [0.1, 0.15) is 0 Å². The summed E-state index contributed by atoms with van der Waals surface area (Å²) in [5, 5.41) is 12.1. The molecule has 0 spiro atoms. The smallest absolute Gasteiger partial charge is 0.234 e. The summed E-state index contributed by atoms with van der Waals surface area (Å²) in [5.41, 5.74) is 0. The second-order valence-corrected chi connectivity index (χ2v) is 5.97. The van der Waals surface area contributed by atoms with Gasteiger partial charge in [0, 0.05) is 19.2 Å². The van der Waals surface area contributed by atoms with Gasteiger partial charge in [-0.05, 0) is 44.6 Å². The summed E-state index contributed by atoms with van der Waals surface area (Å²) in [5.74, 6) is 1.10. The molecule has 0 radical (unpaired) electrons. The highest BCUT2D eigenvalue weighted by atomic mass is 16.3. The molecule has 1 aliphatic carbocycles. The minimum atomic E-state index is 0.121. The lowest BCUT2D eigenvalue weighted by molar-refractivity contribution is -0.122. The van der Waals surface area contributed by atoms with Crippen LogP contribution in [0.25, 0.3) is 0 Å². The van der Waals surface area contributed by atoms with E-state index in [1.807, 2.05) is 7.05 Å². The lowest BCUT2D eigenvalue weighted by atomic mass is 9.86. The molecular formula is C14H28N2O2. The standard InChI is InChI=1S/C14H28N2O2/c1-11(2)8-15-14(18)9-16(3)13-6-4-12(10-17)5-7-13/h11-13,17H,4-10H2,1-3H3,(H,15,18). The van der Waals surface area contributed by atoms with Gasteiger partial charge in [0.2, 0.25) is 5.91 Å². The average Bonchev–Trinajstić information content (AvgIpc) is 2.36. The third kappa shape index (κ3) is 5.36. The highest BCUT2D eigenvalue weighted by molar-refractivity contribution is 5.77. The molecule has 0 bridgehead atoms. The summed E-state index contributed by atoms with van der Waals surface area (Å²) in [4.78, 5) is 13.9. The van der Waals surface area contributed by atoms with Gasteiger partial charge < -0.3 is 10.4 Å². The van der Waals surface area contributed by atoms with Crippen molar-refractivity contribution >= 4 is 5.91 Å².